The van der Waals surface area contributed by atoms with Crippen LogP contribution in [-0.4, -0.2) is 34.4 Å². The van der Waals surface area contributed by atoms with Crippen LogP contribution in [0.4, 0.5) is 5.69 Å². The summed E-state index contributed by atoms with van der Waals surface area (Å²) in [4.78, 5) is 7.24. The van der Waals surface area contributed by atoms with Gasteiger partial charge in [-0.15, -0.1) is 0 Å². The molecule has 0 radical (unpaired) electrons. The molecule has 0 amide bonds. The number of hydrogen-bond acceptors (Lipinski definition) is 4. The normalized spacial score (nSPS) is 19.4. The number of pyridine rings is 1. The first-order valence-corrected chi connectivity index (χ1v) is 10.4. The lowest BCUT2D eigenvalue weighted by Gasteiger charge is -2.36. The van der Waals surface area contributed by atoms with Gasteiger partial charge in [0, 0.05) is 23.8 Å². The highest BCUT2D eigenvalue weighted by atomic mass is 16.3. The molecular weight excluding hydrogens is 336 g/mol. The number of aliphatic hydroxyl groups excluding tert-OH is 2. The largest absolute Gasteiger partial charge is 0.393 e. The molecule has 1 aromatic carbocycles. The molecule has 4 rings (SSSR count). The average Bonchev–Trinajstić information content (AvgIpc) is 2.96. The van der Waals surface area contributed by atoms with Crippen LogP contribution in [0.2, 0.25) is 0 Å². The first kappa shape index (κ1) is 18.5. The van der Waals surface area contributed by atoms with E-state index in [0.717, 1.165) is 17.7 Å². The number of hydrogen-bond donors (Lipinski definition) is 2. The number of rotatable bonds is 4. The lowest BCUT2D eigenvalue weighted by atomic mass is 9.93. The highest BCUT2D eigenvalue weighted by Gasteiger charge is 2.25. The van der Waals surface area contributed by atoms with E-state index in [1.807, 2.05) is 12.1 Å². The number of fused-ring (bicyclic) bond motifs is 1. The Morgan fingerprint density at radius 3 is 2.70 bits per heavy atom. The third-order valence-corrected chi connectivity index (χ3v) is 6.08. The van der Waals surface area contributed by atoms with Crippen molar-refractivity contribution in [3.63, 3.8) is 0 Å². The van der Waals surface area contributed by atoms with Crippen molar-refractivity contribution in [2.45, 2.75) is 63.5 Å². The van der Waals surface area contributed by atoms with Crippen molar-refractivity contribution in [1.29, 1.82) is 0 Å². The SMILES string of the molecule is OCC(O)c1cccc(-c2ccc3c(c2)CCCCN3C2CCCCC2)n1. The number of aromatic nitrogens is 1. The Hall–Kier alpha value is -1.91. The minimum atomic E-state index is -0.924. The molecule has 27 heavy (non-hydrogen) atoms. The van der Waals surface area contributed by atoms with Crippen LogP contribution in [0.5, 0.6) is 0 Å². The van der Waals surface area contributed by atoms with Crippen molar-refractivity contribution < 1.29 is 10.2 Å². The summed E-state index contributed by atoms with van der Waals surface area (Å²) in [5.41, 5.74) is 5.30. The molecule has 0 saturated heterocycles. The van der Waals surface area contributed by atoms with Gasteiger partial charge in [-0.05, 0) is 61.9 Å². The summed E-state index contributed by atoms with van der Waals surface area (Å²) in [6.07, 6.45) is 9.44. The molecule has 1 saturated carbocycles. The highest BCUT2D eigenvalue weighted by Crippen LogP contribution is 2.35. The molecule has 2 heterocycles. The van der Waals surface area contributed by atoms with Crippen molar-refractivity contribution in [1.82, 2.24) is 4.98 Å². The van der Waals surface area contributed by atoms with E-state index >= 15 is 0 Å². The van der Waals surface area contributed by atoms with Crippen LogP contribution in [0.3, 0.4) is 0 Å². The molecule has 1 aliphatic heterocycles. The minimum absolute atomic E-state index is 0.309. The van der Waals surface area contributed by atoms with Gasteiger partial charge in [0.15, 0.2) is 0 Å². The number of anilines is 1. The fourth-order valence-corrected chi connectivity index (χ4v) is 4.61. The number of aliphatic hydroxyl groups is 2. The maximum Gasteiger partial charge on any atom is 0.119 e. The summed E-state index contributed by atoms with van der Waals surface area (Å²) < 4.78 is 0. The number of benzene rings is 1. The standard InChI is InChI=1S/C23H30N2O2/c26-16-23(27)21-11-6-10-20(24-21)17-12-13-22-18(15-17)7-4-5-14-25(22)19-8-2-1-3-9-19/h6,10-13,15,19,23,26-27H,1-5,7-9,14,16H2. The first-order chi connectivity index (χ1) is 13.3. The lowest BCUT2D eigenvalue weighted by Crippen LogP contribution is -2.37. The second kappa shape index (κ2) is 8.41. The van der Waals surface area contributed by atoms with Crippen LogP contribution >= 0.6 is 0 Å². The first-order valence-electron chi connectivity index (χ1n) is 10.4. The second-order valence-corrected chi connectivity index (χ2v) is 7.93. The van der Waals surface area contributed by atoms with Crippen molar-refractivity contribution in [2.75, 3.05) is 18.1 Å². The van der Waals surface area contributed by atoms with Gasteiger partial charge in [0.05, 0.1) is 18.0 Å². The monoisotopic (exact) mass is 366 g/mol. The van der Waals surface area contributed by atoms with Crippen molar-refractivity contribution in [2.24, 2.45) is 0 Å². The van der Waals surface area contributed by atoms with Crippen molar-refractivity contribution in [3.8, 4) is 11.3 Å². The van der Waals surface area contributed by atoms with Crippen LogP contribution < -0.4 is 4.90 Å². The van der Waals surface area contributed by atoms with E-state index in [1.54, 1.807) is 6.07 Å². The summed E-state index contributed by atoms with van der Waals surface area (Å²) in [5.74, 6) is 0. The van der Waals surface area contributed by atoms with Gasteiger partial charge in [-0.3, -0.25) is 0 Å². The Morgan fingerprint density at radius 2 is 1.89 bits per heavy atom. The fraction of sp³-hybridized carbons (Fsp3) is 0.522. The molecule has 0 bridgehead atoms. The topological polar surface area (TPSA) is 56.6 Å². The quantitative estimate of drug-likeness (QED) is 0.849. The summed E-state index contributed by atoms with van der Waals surface area (Å²) in [5, 5.41) is 19.1. The van der Waals surface area contributed by atoms with Crippen LogP contribution in [0.15, 0.2) is 36.4 Å². The Morgan fingerprint density at radius 1 is 1.04 bits per heavy atom. The Labute approximate surface area is 161 Å². The van der Waals surface area contributed by atoms with Crippen LogP contribution in [-0.2, 0) is 6.42 Å². The summed E-state index contributed by atoms with van der Waals surface area (Å²) in [7, 11) is 0. The lowest BCUT2D eigenvalue weighted by molar-refractivity contribution is 0.0923. The van der Waals surface area contributed by atoms with Gasteiger partial charge < -0.3 is 15.1 Å². The number of aryl methyl sites for hydroxylation is 1. The van der Waals surface area contributed by atoms with E-state index in [0.29, 0.717) is 11.7 Å². The van der Waals surface area contributed by atoms with Gasteiger partial charge in [-0.1, -0.05) is 31.4 Å². The molecule has 4 nitrogen and oxygen atoms in total. The molecule has 2 aromatic rings. The maximum absolute atomic E-state index is 9.89. The average molecular weight is 367 g/mol. The fourth-order valence-electron chi connectivity index (χ4n) is 4.61. The zero-order chi connectivity index (χ0) is 18.6. The predicted octanol–water partition coefficient (Wildman–Crippen LogP) is 4.25. The van der Waals surface area contributed by atoms with E-state index in [2.05, 4.69) is 28.1 Å². The molecule has 2 aliphatic rings. The van der Waals surface area contributed by atoms with Crippen molar-refractivity contribution in [3.05, 3.63) is 47.7 Å². The van der Waals surface area contributed by atoms with Gasteiger partial charge in [0.25, 0.3) is 0 Å². The molecule has 1 unspecified atom stereocenters. The molecule has 1 fully saturated rings. The van der Waals surface area contributed by atoms with E-state index in [1.165, 1.54) is 62.7 Å². The van der Waals surface area contributed by atoms with Gasteiger partial charge >= 0.3 is 0 Å². The maximum atomic E-state index is 9.89. The summed E-state index contributed by atoms with van der Waals surface area (Å²) in [6.45, 7) is 0.866. The van der Waals surface area contributed by atoms with Crippen LogP contribution in [0.25, 0.3) is 11.3 Å². The van der Waals surface area contributed by atoms with Gasteiger partial charge in [-0.2, -0.15) is 0 Å². The van der Waals surface area contributed by atoms with E-state index < -0.39 is 6.10 Å². The molecule has 4 heteroatoms. The molecular formula is C23H30N2O2. The second-order valence-electron chi connectivity index (χ2n) is 7.93. The third-order valence-electron chi connectivity index (χ3n) is 6.08. The highest BCUT2D eigenvalue weighted by molar-refractivity contribution is 5.67. The minimum Gasteiger partial charge on any atom is -0.393 e. The van der Waals surface area contributed by atoms with Gasteiger partial charge in [0.1, 0.15) is 6.10 Å². The Bertz CT molecular complexity index is 771. The Balaban J connectivity index is 1.65. The molecule has 1 aromatic heterocycles. The van der Waals surface area contributed by atoms with Crippen LogP contribution in [0.1, 0.15) is 62.3 Å². The smallest absolute Gasteiger partial charge is 0.119 e. The van der Waals surface area contributed by atoms with E-state index in [4.69, 9.17) is 0 Å². The molecule has 2 N–H and O–H groups in total. The molecule has 1 atom stereocenters. The summed E-state index contributed by atoms with van der Waals surface area (Å²) in [6, 6.07) is 13.1. The zero-order valence-corrected chi connectivity index (χ0v) is 16.0. The van der Waals surface area contributed by atoms with Crippen LogP contribution in [0, 0.1) is 0 Å². The molecule has 0 spiro atoms. The van der Waals surface area contributed by atoms with Gasteiger partial charge in [-0.25, -0.2) is 4.98 Å². The van der Waals surface area contributed by atoms with E-state index in [9.17, 15) is 10.2 Å². The third kappa shape index (κ3) is 4.02. The van der Waals surface area contributed by atoms with Gasteiger partial charge in [0.2, 0.25) is 0 Å². The molecule has 144 valence electrons. The van der Waals surface area contributed by atoms with E-state index in [-0.39, 0.29) is 6.61 Å². The number of nitrogens with zero attached hydrogens (tertiary/aromatic N) is 2. The Kier molecular flexibility index (Phi) is 5.74. The van der Waals surface area contributed by atoms with Crippen molar-refractivity contribution >= 4 is 5.69 Å². The zero-order valence-electron chi connectivity index (χ0n) is 16.0. The predicted molar refractivity (Wildman–Crippen MR) is 109 cm³/mol. The summed E-state index contributed by atoms with van der Waals surface area (Å²) >= 11 is 0. The molecule has 1 aliphatic carbocycles.